The molecule has 0 bridgehead atoms. The van der Waals surface area contributed by atoms with E-state index in [0.717, 1.165) is 12.8 Å². The first-order valence-electron chi connectivity index (χ1n) is 4.55. The Hall–Kier alpha value is -1.15. The van der Waals surface area contributed by atoms with Gasteiger partial charge in [-0.05, 0) is 19.8 Å². The van der Waals surface area contributed by atoms with Crippen molar-refractivity contribution in [2.45, 2.75) is 25.8 Å². The van der Waals surface area contributed by atoms with E-state index in [-0.39, 0.29) is 11.6 Å². The maximum absolute atomic E-state index is 11.2. The van der Waals surface area contributed by atoms with Crippen molar-refractivity contribution < 1.29 is 9.53 Å². The van der Waals surface area contributed by atoms with Gasteiger partial charge in [0.05, 0.1) is 12.7 Å². The number of nitrogens with one attached hydrogen (secondary N) is 1. The highest BCUT2D eigenvalue weighted by Crippen LogP contribution is 2.19. The van der Waals surface area contributed by atoms with Gasteiger partial charge in [-0.3, -0.25) is 4.79 Å². The molecule has 1 fully saturated rings. The molecule has 0 aromatic rings. The Labute approximate surface area is 88.2 Å². The van der Waals surface area contributed by atoms with Crippen LogP contribution < -0.4 is 5.32 Å². The van der Waals surface area contributed by atoms with E-state index in [1.54, 1.807) is 6.92 Å². The highest BCUT2D eigenvalue weighted by Gasteiger charge is 2.29. The predicted octanol–water partition coefficient (Wildman–Crippen LogP) is 0.769. The van der Waals surface area contributed by atoms with Crippen molar-refractivity contribution in [1.29, 1.82) is 5.26 Å². The fraction of sp³-hybridized carbons (Fsp3) is 0.667. The fourth-order valence-electron chi connectivity index (χ4n) is 0.956. The Balaban J connectivity index is 2.47. The van der Waals surface area contributed by atoms with Crippen molar-refractivity contribution in [3.8, 4) is 6.07 Å². The van der Waals surface area contributed by atoms with Crippen molar-refractivity contribution in [2.24, 2.45) is 5.92 Å². The van der Waals surface area contributed by atoms with Crippen LogP contribution in [-0.2, 0) is 9.53 Å². The average Bonchev–Trinajstić information content (AvgIpc) is 2.90. The van der Waals surface area contributed by atoms with Gasteiger partial charge >= 0.3 is 5.97 Å². The highest BCUT2D eigenvalue weighted by molar-refractivity contribution is 7.80. The van der Waals surface area contributed by atoms with Crippen LogP contribution in [0.15, 0.2) is 0 Å². The maximum atomic E-state index is 11.2. The summed E-state index contributed by atoms with van der Waals surface area (Å²) in [7, 11) is 0. The van der Waals surface area contributed by atoms with E-state index in [0.29, 0.717) is 6.04 Å². The van der Waals surface area contributed by atoms with Gasteiger partial charge in [0.1, 0.15) is 4.99 Å². The molecule has 1 unspecified atom stereocenters. The van der Waals surface area contributed by atoms with Gasteiger partial charge in [-0.25, -0.2) is 0 Å². The number of thiocarbonyl (C=S) groups is 1. The SMILES string of the molecule is CCOC(=O)C(C#N)C(=S)NC1CC1. The molecule has 0 aromatic heterocycles. The second kappa shape index (κ2) is 4.91. The zero-order chi connectivity index (χ0) is 10.6. The molecule has 1 aliphatic carbocycles. The van der Waals surface area contributed by atoms with Gasteiger partial charge in [-0.2, -0.15) is 5.26 Å². The molecule has 1 N–H and O–H groups in total. The standard InChI is InChI=1S/C9H12N2O2S/c1-2-13-9(12)7(5-10)8(14)11-6-3-4-6/h6-7H,2-4H2,1H3,(H,11,14). The summed E-state index contributed by atoms with van der Waals surface area (Å²) in [4.78, 5) is 11.5. The van der Waals surface area contributed by atoms with Crippen LogP contribution >= 0.6 is 12.2 Å². The lowest BCUT2D eigenvalue weighted by molar-refractivity contribution is -0.143. The Morgan fingerprint density at radius 1 is 1.79 bits per heavy atom. The molecule has 0 amide bonds. The monoisotopic (exact) mass is 212 g/mol. The average molecular weight is 212 g/mol. The maximum Gasteiger partial charge on any atom is 0.330 e. The van der Waals surface area contributed by atoms with Crippen LogP contribution in [0.5, 0.6) is 0 Å². The number of carbonyl (C=O) groups excluding carboxylic acids is 1. The molecule has 0 heterocycles. The van der Waals surface area contributed by atoms with Gasteiger partial charge in [-0.15, -0.1) is 0 Å². The van der Waals surface area contributed by atoms with Crippen LogP contribution in [0.3, 0.4) is 0 Å². The van der Waals surface area contributed by atoms with Crippen LogP contribution in [0.25, 0.3) is 0 Å². The third kappa shape index (κ3) is 2.96. The molecule has 1 saturated carbocycles. The Bertz CT molecular complexity index is 281. The Morgan fingerprint density at radius 3 is 2.86 bits per heavy atom. The van der Waals surface area contributed by atoms with Crippen molar-refractivity contribution >= 4 is 23.2 Å². The second-order valence-corrected chi connectivity index (χ2v) is 3.54. The molecular weight excluding hydrogens is 200 g/mol. The zero-order valence-electron chi connectivity index (χ0n) is 7.95. The molecule has 14 heavy (non-hydrogen) atoms. The predicted molar refractivity (Wildman–Crippen MR) is 54.5 cm³/mol. The van der Waals surface area contributed by atoms with Crippen LogP contribution in [0.1, 0.15) is 19.8 Å². The molecular formula is C9H12N2O2S. The molecule has 1 aliphatic rings. The molecule has 0 aromatic carbocycles. The van der Waals surface area contributed by atoms with E-state index in [1.165, 1.54) is 0 Å². The molecule has 0 saturated heterocycles. The van der Waals surface area contributed by atoms with Gasteiger partial charge in [0.15, 0.2) is 5.92 Å². The van der Waals surface area contributed by atoms with Gasteiger partial charge in [0.25, 0.3) is 0 Å². The quantitative estimate of drug-likeness (QED) is 0.551. The summed E-state index contributed by atoms with van der Waals surface area (Å²) in [6.45, 7) is 1.97. The number of esters is 1. The number of nitrogens with zero attached hydrogens (tertiary/aromatic N) is 1. The largest absolute Gasteiger partial charge is 0.465 e. The lowest BCUT2D eigenvalue weighted by Crippen LogP contribution is -2.35. The van der Waals surface area contributed by atoms with Gasteiger partial charge in [0, 0.05) is 6.04 Å². The van der Waals surface area contributed by atoms with E-state index in [9.17, 15) is 4.79 Å². The minimum atomic E-state index is -0.953. The summed E-state index contributed by atoms with van der Waals surface area (Å²) >= 11 is 4.95. The van der Waals surface area contributed by atoms with E-state index in [4.69, 9.17) is 22.2 Å². The zero-order valence-corrected chi connectivity index (χ0v) is 8.76. The number of hydrogen-bond donors (Lipinski definition) is 1. The number of nitriles is 1. The van der Waals surface area contributed by atoms with Gasteiger partial charge < -0.3 is 10.1 Å². The fourth-order valence-corrected chi connectivity index (χ4v) is 1.27. The first-order valence-corrected chi connectivity index (χ1v) is 4.96. The molecule has 5 heteroatoms. The van der Waals surface area contributed by atoms with E-state index < -0.39 is 11.9 Å². The number of rotatable bonds is 4. The minimum absolute atomic E-state index is 0.267. The molecule has 76 valence electrons. The number of carbonyl (C=O) groups is 1. The summed E-state index contributed by atoms with van der Waals surface area (Å²) in [6, 6.07) is 2.20. The smallest absolute Gasteiger partial charge is 0.330 e. The first kappa shape index (κ1) is 10.9. The van der Waals surface area contributed by atoms with Crippen LogP contribution in [0, 0.1) is 17.2 Å². The van der Waals surface area contributed by atoms with Crippen LogP contribution in [-0.4, -0.2) is 23.6 Å². The third-order valence-corrected chi connectivity index (χ3v) is 2.19. The van der Waals surface area contributed by atoms with Crippen molar-refractivity contribution in [1.82, 2.24) is 5.32 Å². The van der Waals surface area contributed by atoms with E-state index >= 15 is 0 Å². The van der Waals surface area contributed by atoms with Gasteiger partial charge in [0.2, 0.25) is 0 Å². The lowest BCUT2D eigenvalue weighted by Gasteiger charge is -2.10. The summed E-state index contributed by atoms with van der Waals surface area (Å²) in [5.74, 6) is -1.52. The first-order chi connectivity index (χ1) is 6.69. The van der Waals surface area contributed by atoms with Crippen molar-refractivity contribution in [3.05, 3.63) is 0 Å². The summed E-state index contributed by atoms with van der Waals surface area (Å²) in [6.07, 6.45) is 2.11. The molecule has 1 rings (SSSR count). The molecule has 1 atom stereocenters. The molecule has 0 spiro atoms. The third-order valence-electron chi connectivity index (χ3n) is 1.84. The van der Waals surface area contributed by atoms with Crippen molar-refractivity contribution in [3.63, 3.8) is 0 Å². The topological polar surface area (TPSA) is 62.1 Å². The summed E-state index contributed by atoms with van der Waals surface area (Å²) < 4.78 is 4.73. The Kier molecular flexibility index (Phi) is 3.84. The normalized spacial score (nSPS) is 16.6. The number of ether oxygens (including phenoxy) is 1. The highest BCUT2D eigenvalue weighted by atomic mass is 32.1. The molecule has 4 nitrogen and oxygen atoms in total. The van der Waals surface area contributed by atoms with E-state index in [1.807, 2.05) is 6.07 Å². The van der Waals surface area contributed by atoms with Crippen molar-refractivity contribution in [2.75, 3.05) is 6.61 Å². The minimum Gasteiger partial charge on any atom is -0.465 e. The molecule has 0 radical (unpaired) electrons. The summed E-state index contributed by atoms with van der Waals surface area (Å²) in [5.41, 5.74) is 0. The van der Waals surface area contributed by atoms with Crippen LogP contribution in [0.4, 0.5) is 0 Å². The second-order valence-electron chi connectivity index (χ2n) is 3.10. The summed E-state index contributed by atoms with van der Waals surface area (Å²) in [5, 5.41) is 11.7. The number of hydrogen-bond acceptors (Lipinski definition) is 4. The van der Waals surface area contributed by atoms with Crippen LogP contribution in [0.2, 0.25) is 0 Å². The Morgan fingerprint density at radius 2 is 2.43 bits per heavy atom. The van der Waals surface area contributed by atoms with E-state index in [2.05, 4.69) is 5.32 Å². The van der Waals surface area contributed by atoms with Gasteiger partial charge in [-0.1, -0.05) is 12.2 Å². The lowest BCUT2D eigenvalue weighted by atomic mass is 10.2. The molecule has 0 aliphatic heterocycles.